The van der Waals surface area contributed by atoms with Crippen molar-refractivity contribution >= 4 is 17.9 Å². The molecule has 0 heterocycles. The zero-order valence-corrected chi connectivity index (χ0v) is 26.9. The topological polar surface area (TPSA) is 119 Å². The molecule has 0 aliphatic heterocycles. The lowest BCUT2D eigenvalue weighted by atomic mass is 9.70. The zero-order chi connectivity index (χ0) is 30.9. The molecule has 0 radical (unpaired) electrons. The average Bonchev–Trinajstić information content (AvgIpc) is 3.03. The first-order valence-corrected chi connectivity index (χ1v) is 18.3. The van der Waals surface area contributed by atoms with Gasteiger partial charge in [-0.05, 0) is 100 Å². The molecule has 6 atom stereocenters. The van der Waals surface area contributed by atoms with Crippen LogP contribution in [0.3, 0.4) is 0 Å². The lowest BCUT2D eigenvalue weighted by Crippen LogP contribution is -2.39. The number of esters is 1. The fourth-order valence-corrected chi connectivity index (χ4v) is 9.57. The lowest BCUT2D eigenvalue weighted by molar-refractivity contribution is -0.338. The molecule has 5 aliphatic rings. The third kappa shape index (κ3) is 9.67. The van der Waals surface area contributed by atoms with Crippen molar-refractivity contribution in [3.05, 3.63) is 0 Å². The zero-order valence-electron chi connectivity index (χ0n) is 26.9. The van der Waals surface area contributed by atoms with Crippen molar-refractivity contribution in [2.45, 2.75) is 153 Å². The van der Waals surface area contributed by atoms with Crippen LogP contribution in [0.1, 0.15) is 141 Å². The van der Waals surface area contributed by atoms with E-state index in [1.54, 1.807) is 0 Å². The normalized spacial score (nSPS) is 36.0. The van der Waals surface area contributed by atoms with E-state index in [-0.39, 0.29) is 30.0 Å². The molecule has 2 N–H and O–H groups in total. The fourth-order valence-electron chi connectivity index (χ4n) is 9.57. The molecule has 5 saturated carbocycles. The SMILES string of the molecule is O=C(O)C1CC(CC2CCCCC2)CCC1COOC1CCC(OC(=O)C2CCC(CC3CCCCC3)CC2C(=O)O)CC1. The van der Waals surface area contributed by atoms with Crippen molar-refractivity contribution in [2.75, 3.05) is 6.61 Å². The van der Waals surface area contributed by atoms with Crippen LogP contribution in [0.2, 0.25) is 0 Å². The standard InChI is InChI=1S/C36H58O8/c37-34(38)32-21-26(19-24-7-3-1-4-8-24)11-13-28(32)23-42-44-30-16-14-29(15-17-30)43-36(41)31-18-12-27(22-33(31)35(39)40)20-25-9-5-2-6-10-25/h24-33H,1-23H2,(H,37,38)(H,39,40). The van der Waals surface area contributed by atoms with Crippen LogP contribution in [-0.4, -0.2) is 46.9 Å². The van der Waals surface area contributed by atoms with E-state index in [1.165, 1.54) is 70.6 Å². The largest absolute Gasteiger partial charge is 0.481 e. The van der Waals surface area contributed by atoms with Gasteiger partial charge in [-0.25, -0.2) is 9.78 Å². The molecule has 5 fully saturated rings. The molecule has 0 amide bonds. The summed E-state index contributed by atoms with van der Waals surface area (Å²) in [6, 6.07) is 0. The Balaban J connectivity index is 0.990. The van der Waals surface area contributed by atoms with E-state index in [9.17, 15) is 24.6 Å². The molecule has 6 unspecified atom stereocenters. The summed E-state index contributed by atoms with van der Waals surface area (Å²) in [5.74, 6) is -1.09. The molecule has 5 aliphatic carbocycles. The quantitative estimate of drug-likeness (QED) is 0.128. The van der Waals surface area contributed by atoms with Crippen molar-refractivity contribution in [1.82, 2.24) is 0 Å². The van der Waals surface area contributed by atoms with E-state index in [4.69, 9.17) is 14.5 Å². The van der Waals surface area contributed by atoms with Gasteiger partial charge in [0.2, 0.25) is 0 Å². The molecular weight excluding hydrogens is 560 g/mol. The van der Waals surface area contributed by atoms with Gasteiger partial charge in [0.25, 0.3) is 0 Å². The summed E-state index contributed by atoms with van der Waals surface area (Å²) in [6.07, 6.45) is 22.6. The van der Waals surface area contributed by atoms with Crippen molar-refractivity contribution in [3.63, 3.8) is 0 Å². The molecule has 0 saturated heterocycles. The first-order valence-electron chi connectivity index (χ1n) is 18.3. The molecule has 0 aromatic carbocycles. The molecule has 0 aromatic rings. The van der Waals surface area contributed by atoms with Crippen molar-refractivity contribution < 1.29 is 39.1 Å². The Morgan fingerprint density at radius 3 is 1.61 bits per heavy atom. The second-order valence-corrected chi connectivity index (χ2v) is 15.3. The number of hydrogen-bond acceptors (Lipinski definition) is 6. The molecule has 0 aromatic heterocycles. The van der Waals surface area contributed by atoms with Gasteiger partial charge in [-0.2, -0.15) is 0 Å². The predicted octanol–water partition coefficient (Wildman–Crippen LogP) is 7.96. The summed E-state index contributed by atoms with van der Waals surface area (Å²) in [6.45, 7) is 0.308. The molecule has 0 spiro atoms. The van der Waals surface area contributed by atoms with Gasteiger partial charge < -0.3 is 14.9 Å². The highest BCUT2D eigenvalue weighted by atomic mass is 17.2. The van der Waals surface area contributed by atoms with E-state index < -0.39 is 23.8 Å². The first kappa shape index (κ1) is 33.7. The number of carboxylic acids is 2. The summed E-state index contributed by atoms with van der Waals surface area (Å²) in [5.41, 5.74) is 0. The maximum absolute atomic E-state index is 13.1. The van der Waals surface area contributed by atoms with E-state index in [0.717, 1.165) is 43.9 Å². The average molecular weight is 619 g/mol. The summed E-state index contributed by atoms with van der Waals surface area (Å²) < 4.78 is 5.89. The Morgan fingerprint density at radius 2 is 1.05 bits per heavy atom. The van der Waals surface area contributed by atoms with Gasteiger partial charge in [-0.3, -0.25) is 14.4 Å². The summed E-state index contributed by atoms with van der Waals surface area (Å²) >= 11 is 0. The van der Waals surface area contributed by atoms with Crippen LogP contribution in [0.4, 0.5) is 0 Å². The van der Waals surface area contributed by atoms with Crippen LogP contribution in [0, 0.1) is 47.3 Å². The highest BCUT2D eigenvalue weighted by Gasteiger charge is 2.42. The molecule has 5 rings (SSSR count). The molecule has 0 bridgehead atoms. The van der Waals surface area contributed by atoms with Gasteiger partial charge in [0.05, 0.1) is 30.5 Å². The number of ether oxygens (including phenoxy) is 1. The highest BCUT2D eigenvalue weighted by Crippen LogP contribution is 2.42. The van der Waals surface area contributed by atoms with Crippen LogP contribution in [0.15, 0.2) is 0 Å². The maximum atomic E-state index is 13.1. The highest BCUT2D eigenvalue weighted by molar-refractivity contribution is 5.81. The van der Waals surface area contributed by atoms with Crippen LogP contribution in [0.25, 0.3) is 0 Å². The minimum absolute atomic E-state index is 0.0210. The maximum Gasteiger partial charge on any atom is 0.310 e. The number of aliphatic carboxylic acids is 2. The molecule has 8 nitrogen and oxygen atoms in total. The van der Waals surface area contributed by atoms with E-state index >= 15 is 0 Å². The molecule has 8 heteroatoms. The van der Waals surface area contributed by atoms with Crippen LogP contribution >= 0.6 is 0 Å². The van der Waals surface area contributed by atoms with Gasteiger partial charge in [-0.1, -0.05) is 70.6 Å². The Labute approximate surface area is 264 Å². The smallest absolute Gasteiger partial charge is 0.310 e. The Morgan fingerprint density at radius 1 is 0.523 bits per heavy atom. The van der Waals surface area contributed by atoms with E-state index in [0.29, 0.717) is 57.0 Å². The number of rotatable bonds is 12. The Bertz CT molecular complexity index is 917. The number of carbonyl (C=O) groups excluding carboxylic acids is 1. The monoisotopic (exact) mass is 618 g/mol. The van der Waals surface area contributed by atoms with E-state index in [2.05, 4.69) is 0 Å². The van der Waals surface area contributed by atoms with Crippen molar-refractivity contribution in [2.24, 2.45) is 47.3 Å². The summed E-state index contributed by atoms with van der Waals surface area (Å²) in [4.78, 5) is 48.8. The van der Waals surface area contributed by atoms with E-state index in [1.807, 2.05) is 0 Å². The third-order valence-electron chi connectivity index (χ3n) is 12.2. The Kier molecular flexibility index (Phi) is 12.8. The number of hydrogen-bond donors (Lipinski definition) is 2. The second-order valence-electron chi connectivity index (χ2n) is 15.3. The van der Waals surface area contributed by atoms with Crippen LogP contribution in [-0.2, 0) is 28.9 Å². The van der Waals surface area contributed by atoms with Gasteiger partial charge >= 0.3 is 17.9 Å². The Hall–Kier alpha value is -1.67. The van der Waals surface area contributed by atoms with Gasteiger partial charge in [0.15, 0.2) is 0 Å². The van der Waals surface area contributed by atoms with Crippen LogP contribution in [0.5, 0.6) is 0 Å². The first-order chi connectivity index (χ1) is 21.4. The fraction of sp³-hybridized carbons (Fsp3) is 0.917. The number of carboxylic acid groups (broad SMARTS) is 2. The van der Waals surface area contributed by atoms with Gasteiger partial charge in [-0.15, -0.1) is 0 Å². The number of carbonyl (C=O) groups is 3. The lowest BCUT2D eigenvalue weighted by Gasteiger charge is -2.36. The minimum atomic E-state index is -0.864. The molecule has 44 heavy (non-hydrogen) atoms. The van der Waals surface area contributed by atoms with Crippen molar-refractivity contribution in [1.29, 1.82) is 0 Å². The summed E-state index contributed by atoms with van der Waals surface area (Å²) in [5, 5.41) is 19.9. The molecular formula is C36H58O8. The van der Waals surface area contributed by atoms with Gasteiger partial charge in [0, 0.05) is 0 Å². The second kappa shape index (κ2) is 16.8. The third-order valence-corrected chi connectivity index (χ3v) is 12.2. The summed E-state index contributed by atoms with van der Waals surface area (Å²) in [7, 11) is 0. The van der Waals surface area contributed by atoms with Crippen molar-refractivity contribution in [3.8, 4) is 0 Å². The molecule has 250 valence electrons. The van der Waals surface area contributed by atoms with Gasteiger partial charge in [0.1, 0.15) is 6.10 Å². The predicted molar refractivity (Wildman–Crippen MR) is 165 cm³/mol. The van der Waals surface area contributed by atoms with Crippen LogP contribution < -0.4 is 0 Å². The minimum Gasteiger partial charge on any atom is -0.481 e.